The summed E-state index contributed by atoms with van der Waals surface area (Å²) >= 11 is 3.18. The van der Waals surface area contributed by atoms with Crippen LogP contribution in [0.4, 0.5) is 10.1 Å². The fourth-order valence-electron chi connectivity index (χ4n) is 2.27. The van der Waals surface area contributed by atoms with Crippen LogP contribution in [0.15, 0.2) is 53.0 Å². The Kier molecular flexibility index (Phi) is 6.91. The van der Waals surface area contributed by atoms with E-state index in [-0.39, 0.29) is 11.3 Å². The molecular weight excluding hydrogens is 383 g/mol. The lowest BCUT2D eigenvalue weighted by Crippen LogP contribution is -2.28. The molecule has 2 aromatic rings. The minimum absolute atomic E-state index is 0.0690. The molecule has 132 valence electrons. The molecule has 0 saturated heterocycles. The van der Waals surface area contributed by atoms with Crippen molar-refractivity contribution >= 4 is 33.5 Å². The van der Waals surface area contributed by atoms with Gasteiger partial charge in [0.05, 0.1) is 5.56 Å². The van der Waals surface area contributed by atoms with Gasteiger partial charge in [0.15, 0.2) is 5.78 Å². The molecule has 0 heterocycles. The standard InChI is InChI=1S/C20H22BrFN2O/c1-23(2)12-13-24(3)17-8-4-15(5-9-17)6-11-20(25)18-10-7-16(21)14-19(18)22/h4-11,14H,12-13H2,1-3H3/b11-6+. The number of anilines is 1. The third-order valence-corrected chi connectivity index (χ3v) is 4.33. The molecule has 0 aliphatic rings. The number of carbonyl (C=O) groups is 1. The Balaban J connectivity index is 2.02. The van der Waals surface area contributed by atoms with E-state index in [0.29, 0.717) is 4.47 Å². The van der Waals surface area contributed by atoms with Crippen LogP contribution in [-0.4, -0.2) is 44.9 Å². The minimum Gasteiger partial charge on any atom is -0.373 e. The Morgan fingerprint density at radius 3 is 2.36 bits per heavy atom. The maximum absolute atomic E-state index is 13.8. The fourth-order valence-corrected chi connectivity index (χ4v) is 2.60. The van der Waals surface area contributed by atoms with Gasteiger partial charge in [-0.1, -0.05) is 34.1 Å². The summed E-state index contributed by atoms with van der Waals surface area (Å²) in [5, 5.41) is 0. The topological polar surface area (TPSA) is 23.6 Å². The van der Waals surface area contributed by atoms with Gasteiger partial charge in [-0.15, -0.1) is 0 Å². The van der Waals surface area contributed by atoms with Gasteiger partial charge in [0.1, 0.15) is 5.82 Å². The first-order valence-electron chi connectivity index (χ1n) is 8.00. The first-order chi connectivity index (χ1) is 11.9. The summed E-state index contributed by atoms with van der Waals surface area (Å²) in [5.74, 6) is -0.876. The molecule has 0 aliphatic carbocycles. The maximum Gasteiger partial charge on any atom is 0.188 e. The zero-order chi connectivity index (χ0) is 18.4. The zero-order valence-electron chi connectivity index (χ0n) is 14.7. The molecule has 0 spiro atoms. The first kappa shape index (κ1) is 19.3. The van der Waals surface area contributed by atoms with Crippen LogP contribution in [0.3, 0.4) is 0 Å². The predicted molar refractivity (Wildman–Crippen MR) is 106 cm³/mol. The molecule has 0 N–H and O–H groups in total. The first-order valence-corrected chi connectivity index (χ1v) is 8.79. The average molecular weight is 405 g/mol. The molecule has 0 amide bonds. The second kappa shape index (κ2) is 8.92. The lowest BCUT2D eigenvalue weighted by Gasteiger charge is -2.21. The average Bonchev–Trinajstić information content (AvgIpc) is 2.58. The van der Waals surface area contributed by atoms with E-state index in [1.807, 2.05) is 45.4 Å². The van der Waals surface area contributed by atoms with Crippen molar-refractivity contribution in [3.8, 4) is 0 Å². The highest BCUT2D eigenvalue weighted by Gasteiger charge is 2.09. The SMILES string of the molecule is CN(C)CCN(C)c1ccc(/C=C/C(=O)c2ccc(Br)cc2F)cc1. The summed E-state index contributed by atoms with van der Waals surface area (Å²) in [6.07, 6.45) is 3.10. The number of benzene rings is 2. The van der Waals surface area contributed by atoms with Gasteiger partial charge in [0.25, 0.3) is 0 Å². The molecule has 0 aromatic heterocycles. The molecular formula is C20H22BrFN2O. The molecule has 2 aromatic carbocycles. The number of ketones is 1. The van der Waals surface area contributed by atoms with Crippen LogP contribution >= 0.6 is 15.9 Å². The second-order valence-corrected chi connectivity index (χ2v) is 7.05. The quantitative estimate of drug-likeness (QED) is 0.501. The van der Waals surface area contributed by atoms with Crippen molar-refractivity contribution in [2.24, 2.45) is 0 Å². The molecule has 0 bridgehead atoms. The largest absolute Gasteiger partial charge is 0.373 e. The predicted octanol–water partition coefficient (Wildman–Crippen LogP) is 4.48. The molecule has 0 atom stereocenters. The van der Waals surface area contributed by atoms with E-state index < -0.39 is 5.82 Å². The van der Waals surface area contributed by atoms with Crippen molar-refractivity contribution in [1.29, 1.82) is 0 Å². The normalized spacial score (nSPS) is 11.3. The summed E-state index contributed by atoms with van der Waals surface area (Å²) in [6, 6.07) is 12.4. The molecule has 0 saturated carbocycles. The zero-order valence-corrected chi connectivity index (χ0v) is 16.3. The smallest absolute Gasteiger partial charge is 0.188 e. The lowest BCUT2D eigenvalue weighted by molar-refractivity contribution is 0.104. The third kappa shape index (κ3) is 5.80. The van der Waals surface area contributed by atoms with E-state index in [1.165, 1.54) is 18.2 Å². The van der Waals surface area contributed by atoms with Crippen LogP contribution < -0.4 is 4.90 Å². The number of carbonyl (C=O) groups excluding carboxylic acids is 1. The van der Waals surface area contributed by atoms with Crippen molar-refractivity contribution in [2.75, 3.05) is 39.1 Å². The van der Waals surface area contributed by atoms with Crippen LogP contribution in [0.5, 0.6) is 0 Å². The van der Waals surface area contributed by atoms with Gasteiger partial charge in [-0.3, -0.25) is 4.79 Å². The number of likely N-dealkylation sites (N-methyl/N-ethyl adjacent to an activating group) is 2. The lowest BCUT2D eigenvalue weighted by atomic mass is 10.1. The van der Waals surface area contributed by atoms with Gasteiger partial charge in [0, 0.05) is 30.3 Å². The van der Waals surface area contributed by atoms with E-state index in [2.05, 4.69) is 25.7 Å². The Labute approximate surface area is 156 Å². The fraction of sp³-hybridized carbons (Fsp3) is 0.250. The van der Waals surface area contributed by atoms with E-state index in [0.717, 1.165) is 24.3 Å². The highest BCUT2D eigenvalue weighted by Crippen LogP contribution is 2.17. The van der Waals surface area contributed by atoms with E-state index >= 15 is 0 Å². The van der Waals surface area contributed by atoms with Crippen molar-refractivity contribution in [2.45, 2.75) is 0 Å². The molecule has 2 rings (SSSR count). The van der Waals surface area contributed by atoms with Gasteiger partial charge in [-0.05, 0) is 56.1 Å². The van der Waals surface area contributed by atoms with Gasteiger partial charge in [-0.25, -0.2) is 4.39 Å². The maximum atomic E-state index is 13.8. The molecule has 0 fully saturated rings. The molecule has 0 radical (unpaired) electrons. The summed E-state index contributed by atoms with van der Waals surface area (Å²) in [5.41, 5.74) is 2.08. The highest BCUT2D eigenvalue weighted by molar-refractivity contribution is 9.10. The second-order valence-electron chi connectivity index (χ2n) is 6.14. The number of allylic oxidation sites excluding steroid dienone is 1. The highest BCUT2D eigenvalue weighted by atomic mass is 79.9. The Morgan fingerprint density at radius 2 is 1.76 bits per heavy atom. The van der Waals surface area contributed by atoms with Crippen LogP contribution in [0, 0.1) is 5.82 Å². The summed E-state index contributed by atoms with van der Waals surface area (Å²) in [7, 11) is 6.15. The van der Waals surface area contributed by atoms with Crippen LogP contribution in [0.1, 0.15) is 15.9 Å². The number of hydrogen-bond acceptors (Lipinski definition) is 3. The summed E-state index contributed by atoms with van der Waals surface area (Å²) in [4.78, 5) is 16.4. The van der Waals surface area contributed by atoms with Gasteiger partial charge >= 0.3 is 0 Å². The van der Waals surface area contributed by atoms with Crippen LogP contribution in [0.2, 0.25) is 0 Å². The molecule has 5 heteroatoms. The van der Waals surface area contributed by atoms with Gasteiger partial charge in [0.2, 0.25) is 0 Å². The Morgan fingerprint density at radius 1 is 1.08 bits per heavy atom. The van der Waals surface area contributed by atoms with Gasteiger partial charge in [-0.2, -0.15) is 0 Å². The van der Waals surface area contributed by atoms with E-state index in [1.54, 1.807) is 12.1 Å². The van der Waals surface area contributed by atoms with Crippen molar-refractivity contribution in [1.82, 2.24) is 4.90 Å². The summed E-state index contributed by atoms with van der Waals surface area (Å²) in [6.45, 7) is 1.91. The molecule has 0 aliphatic heterocycles. The van der Waals surface area contributed by atoms with E-state index in [4.69, 9.17) is 0 Å². The Bertz CT molecular complexity index is 757. The van der Waals surface area contributed by atoms with Gasteiger partial charge < -0.3 is 9.80 Å². The molecule has 3 nitrogen and oxygen atoms in total. The van der Waals surface area contributed by atoms with E-state index in [9.17, 15) is 9.18 Å². The summed E-state index contributed by atoms with van der Waals surface area (Å²) < 4.78 is 14.4. The van der Waals surface area contributed by atoms with Crippen LogP contribution in [0.25, 0.3) is 6.08 Å². The van der Waals surface area contributed by atoms with Crippen LogP contribution in [-0.2, 0) is 0 Å². The van der Waals surface area contributed by atoms with Crippen molar-refractivity contribution < 1.29 is 9.18 Å². The van der Waals surface area contributed by atoms with Crippen molar-refractivity contribution in [3.05, 3.63) is 70.0 Å². The Hall–Kier alpha value is -1.98. The monoisotopic (exact) mass is 404 g/mol. The molecule has 0 unspecified atom stereocenters. The number of hydrogen-bond donors (Lipinski definition) is 0. The third-order valence-electron chi connectivity index (χ3n) is 3.84. The number of nitrogens with zero attached hydrogens (tertiary/aromatic N) is 2. The molecule has 25 heavy (non-hydrogen) atoms. The number of halogens is 2. The van der Waals surface area contributed by atoms with Crippen molar-refractivity contribution in [3.63, 3.8) is 0 Å². The minimum atomic E-state index is -0.526. The number of rotatable bonds is 7.